The van der Waals surface area contributed by atoms with Crippen LogP contribution in [-0.2, 0) is 4.74 Å². The molecule has 4 heteroatoms. The average molecular weight is 190 g/mol. The molecule has 14 heavy (non-hydrogen) atoms. The minimum Gasteiger partial charge on any atom is -0.462 e. The van der Waals surface area contributed by atoms with Crippen molar-refractivity contribution >= 4 is 5.97 Å². The summed E-state index contributed by atoms with van der Waals surface area (Å²) in [6, 6.07) is 3.45. The van der Waals surface area contributed by atoms with Gasteiger partial charge < -0.3 is 4.74 Å². The van der Waals surface area contributed by atoms with Gasteiger partial charge in [-0.1, -0.05) is 0 Å². The van der Waals surface area contributed by atoms with Crippen molar-refractivity contribution in [3.8, 4) is 6.07 Å². The number of esters is 1. The molecule has 0 radical (unpaired) electrons. The second-order valence-electron chi connectivity index (χ2n) is 2.70. The maximum absolute atomic E-state index is 11.4. The highest BCUT2D eigenvalue weighted by molar-refractivity contribution is 5.92. The van der Waals surface area contributed by atoms with Gasteiger partial charge in [0.2, 0.25) is 0 Å². The van der Waals surface area contributed by atoms with Crippen molar-refractivity contribution in [2.24, 2.45) is 0 Å². The summed E-state index contributed by atoms with van der Waals surface area (Å²) >= 11 is 0. The number of rotatable bonds is 2. The Morgan fingerprint density at radius 3 is 3.00 bits per heavy atom. The predicted molar refractivity (Wildman–Crippen MR) is 49.6 cm³/mol. The number of hydrogen-bond donors (Lipinski definition) is 0. The van der Waals surface area contributed by atoms with Crippen LogP contribution in [0.1, 0.15) is 28.5 Å². The molecule has 0 saturated carbocycles. The van der Waals surface area contributed by atoms with E-state index in [-0.39, 0.29) is 11.1 Å². The number of aromatic nitrogens is 1. The molecule has 1 rings (SSSR count). The van der Waals surface area contributed by atoms with Gasteiger partial charge in [-0.15, -0.1) is 0 Å². The predicted octanol–water partition coefficient (Wildman–Crippen LogP) is 1.44. The van der Waals surface area contributed by atoms with Gasteiger partial charge in [-0.3, -0.25) is 4.98 Å². The van der Waals surface area contributed by atoms with Gasteiger partial charge in [0.1, 0.15) is 6.07 Å². The average Bonchev–Trinajstić information content (AvgIpc) is 2.18. The molecule has 1 aromatic rings. The first kappa shape index (κ1) is 10.2. The number of nitriles is 1. The first-order valence-corrected chi connectivity index (χ1v) is 4.23. The molecule has 1 heterocycles. The highest BCUT2D eigenvalue weighted by atomic mass is 16.5. The minimum absolute atomic E-state index is 0.244. The Morgan fingerprint density at radius 2 is 2.43 bits per heavy atom. The molecule has 0 aromatic carbocycles. The van der Waals surface area contributed by atoms with Crippen LogP contribution in [0, 0.1) is 18.3 Å². The second kappa shape index (κ2) is 4.38. The van der Waals surface area contributed by atoms with Crippen LogP contribution >= 0.6 is 0 Å². The third-order valence-electron chi connectivity index (χ3n) is 1.66. The van der Waals surface area contributed by atoms with Gasteiger partial charge in [-0.25, -0.2) is 4.79 Å². The fraction of sp³-hybridized carbons (Fsp3) is 0.300. The Balaban J connectivity index is 3.12. The van der Waals surface area contributed by atoms with Crippen LogP contribution in [0.25, 0.3) is 0 Å². The molecule has 1 aromatic heterocycles. The van der Waals surface area contributed by atoms with Crippen molar-refractivity contribution < 1.29 is 9.53 Å². The van der Waals surface area contributed by atoms with Crippen LogP contribution in [0.15, 0.2) is 12.3 Å². The standard InChI is InChI=1S/C10H10N2O2/c1-3-14-10(13)9-4-7(2)12-6-8(9)5-11/h4,6H,3H2,1-2H3. The summed E-state index contributed by atoms with van der Waals surface area (Å²) in [6.45, 7) is 3.77. The third kappa shape index (κ3) is 2.07. The van der Waals surface area contributed by atoms with Gasteiger partial charge >= 0.3 is 5.97 Å². The summed E-state index contributed by atoms with van der Waals surface area (Å²) in [4.78, 5) is 15.3. The maximum atomic E-state index is 11.4. The lowest BCUT2D eigenvalue weighted by Gasteiger charge is -2.03. The Hall–Kier alpha value is -1.89. The molecule has 0 aliphatic rings. The lowest BCUT2D eigenvalue weighted by Crippen LogP contribution is -2.07. The first-order valence-electron chi connectivity index (χ1n) is 4.23. The van der Waals surface area contributed by atoms with Crippen LogP contribution in [-0.4, -0.2) is 17.6 Å². The fourth-order valence-electron chi connectivity index (χ4n) is 1.03. The van der Waals surface area contributed by atoms with Gasteiger partial charge in [0.25, 0.3) is 0 Å². The second-order valence-corrected chi connectivity index (χ2v) is 2.70. The van der Waals surface area contributed by atoms with E-state index in [0.717, 1.165) is 0 Å². The molecule has 0 fully saturated rings. The number of pyridine rings is 1. The van der Waals surface area contributed by atoms with Crippen molar-refractivity contribution in [1.29, 1.82) is 5.26 Å². The smallest absolute Gasteiger partial charge is 0.339 e. The van der Waals surface area contributed by atoms with Gasteiger partial charge in [-0.2, -0.15) is 5.26 Å². The van der Waals surface area contributed by atoms with Crippen molar-refractivity contribution in [3.05, 3.63) is 29.1 Å². The van der Waals surface area contributed by atoms with E-state index < -0.39 is 5.97 Å². The number of carbonyl (C=O) groups excluding carboxylic acids is 1. The lowest BCUT2D eigenvalue weighted by molar-refractivity contribution is 0.0525. The van der Waals surface area contributed by atoms with Gasteiger partial charge in [0.05, 0.1) is 17.7 Å². The van der Waals surface area contributed by atoms with Crippen molar-refractivity contribution in [1.82, 2.24) is 4.98 Å². The van der Waals surface area contributed by atoms with Crippen LogP contribution in [0.4, 0.5) is 0 Å². The van der Waals surface area contributed by atoms with Crippen LogP contribution in [0.3, 0.4) is 0 Å². The molecule has 0 N–H and O–H groups in total. The summed E-state index contributed by atoms with van der Waals surface area (Å²) in [6.07, 6.45) is 1.38. The van der Waals surface area contributed by atoms with Crippen molar-refractivity contribution in [2.45, 2.75) is 13.8 Å². The SMILES string of the molecule is CCOC(=O)c1cc(C)ncc1C#N. The van der Waals surface area contributed by atoms with E-state index in [0.29, 0.717) is 12.3 Å². The Morgan fingerprint density at radius 1 is 1.71 bits per heavy atom. The molecule has 0 unspecified atom stereocenters. The molecule has 0 aliphatic carbocycles. The Labute approximate surface area is 82.1 Å². The van der Waals surface area contributed by atoms with E-state index in [1.807, 2.05) is 6.07 Å². The molecule has 0 spiro atoms. The van der Waals surface area contributed by atoms with Crippen molar-refractivity contribution in [2.75, 3.05) is 6.61 Å². The summed E-state index contributed by atoms with van der Waals surface area (Å²) < 4.78 is 4.81. The molecule has 0 aliphatic heterocycles. The molecule has 72 valence electrons. The zero-order chi connectivity index (χ0) is 10.6. The lowest BCUT2D eigenvalue weighted by atomic mass is 10.1. The molecule has 0 bridgehead atoms. The largest absolute Gasteiger partial charge is 0.462 e. The topological polar surface area (TPSA) is 63.0 Å². The van der Waals surface area contributed by atoms with Gasteiger partial charge in [-0.05, 0) is 19.9 Å². The monoisotopic (exact) mass is 190 g/mol. The van der Waals surface area contributed by atoms with Gasteiger partial charge in [0.15, 0.2) is 0 Å². The molecular weight excluding hydrogens is 180 g/mol. The zero-order valence-electron chi connectivity index (χ0n) is 8.07. The summed E-state index contributed by atoms with van der Waals surface area (Å²) in [7, 11) is 0. The van der Waals surface area contributed by atoms with Gasteiger partial charge in [0, 0.05) is 11.9 Å². The molecule has 0 saturated heterocycles. The van der Waals surface area contributed by atoms with E-state index in [1.165, 1.54) is 6.20 Å². The molecular formula is C10H10N2O2. The third-order valence-corrected chi connectivity index (χ3v) is 1.66. The Bertz CT molecular complexity index is 394. The number of hydrogen-bond acceptors (Lipinski definition) is 4. The molecule has 4 nitrogen and oxygen atoms in total. The first-order chi connectivity index (χ1) is 6.69. The number of carbonyl (C=O) groups is 1. The van der Waals surface area contributed by atoms with E-state index in [2.05, 4.69) is 4.98 Å². The minimum atomic E-state index is -0.477. The van der Waals surface area contributed by atoms with Crippen LogP contribution in [0.2, 0.25) is 0 Å². The van der Waals surface area contributed by atoms with Crippen LogP contribution in [0.5, 0.6) is 0 Å². The Kier molecular flexibility index (Phi) is 3.19. The quantitative estimate of drug-likeness (QED) is 0.662. The van der Waals surface area contributed by atoms with E-state index >= 15 is 0 Å². The molecule has 0 atom stereocenters. The summed E-state index contributed by atoms with van der Waals surface area (Å²) in [5.74, 6) is -0.477. The molecule has 0 amide bonds. The number of aryl methyl sites for hydroxylation is 1. The van der Waals surface area contributed by atoms with Crippen LogP contribution < -0.4 is 0 Å². The number of nitrogens with zero attached hydrogens (tertiary/aromatic N) is 2. The summed E-state index contributed by atoms with van der Waals surface area (Å²) in [5, 5.41) is 8.73. The number of ether oxygens (including phenoxy) is 1. The fourth-order valence-corrected chi connectivity index (χ4v) is 1.03. The normalized spacial score (nSPS) is 9.21. The van der Waals surface area contributed by atoms with E-state index in [9.17, 15) is 4.79 Å². The summed E-state index contributed by atoms with van der Waals surface area (Å²) in [5.41, 5.74) is 1.21. The zero-order valence-corrected chi connectivity index (χ0v) is 8.07. The van der Waals surface area contributed by atoms with E-state index in [4.69, 9.17) is 10.00 Å². The highest BCUT2D eigenvalue weighted by Gasteiger charge is 2.12. The van der Waals surface area contributed by atoms with E-state index in [1.54, 1.807) is 19.9 Å². The highest BCUT2D eigenvalue weighted by Crippen LogP contribution is 2.09. The van der Waals surface area contributed by atoms with Crippen molar-refractivity contribution in [3.63, 3.8) is 0 Å². The maximum Gasteiger partial charge on any atom is 0.339 e.